The lowest BCUT2D eigenvalue weighted by Gasteiger charge is -2.17. The summed E-state index contributed by atoms with van der Waals surface area (Å²) in [6, 6.07) is -0.420. The molecule has 0 spiro atoms. The number of amides is 2. The second kappa shape index (κ2) is 9.25. The predicted octanol–water partition coefficient (Wildman–Crippen LogP) is -2.78. The monoisotopic (exact) mass is 275 g/mol. The number of likely N-dealkylation sites (N-methyl/N-ethyl adjacent to an activating group) is 1. The summed E-state index contributed by atoms with van der Waals surface area (Å²) in [5, 5.41) is 12.2. The molecule has 7 N–H and O–H groups in total. The fraction of sp³-hybridized carbons (Fsp3) is 0.700. The highest BCUT2D eigenvalue weighted by Gasteiger charge is 2.12. The van der Waals surface area contributed by atoms with Crippen molar-refractivity contribution in [2.75, 3.05) is 26.7 Å². The van der Waals surface area contributed by atoms with E-state index in [-0.39, 0.29) is 31.3 Å². The van der Waals surface area contributed by atoms with Gasteiger partial charge in [-0.15, -0.1) is 0 Å². The molecule has 0 bridgehead atoms. The van der Waals surface area contributed by atoms with E-state index in [1.807, 2.05) is 0 Å². The van der Waals surface area contributed by atoms with Gasteiger partial charge < -0.3 is 21.9 Å². The molecule has 0 radical (unpaired) electrons. The van der Waals surface area contributed by atoms with Crippen LogP contribution in [0, 0.1) is 0 Å². The zero-order valence-electron chi connectivity index (χ0n) is 10.9. The maximum atomic E-state index is 11.5. The number of rotatable bonds is 9. The van der Waals surface area contributed by atoms with E-state index < -0.39 is 12.0 Å². The molecule has 0 saturated heterocycles. The van der Waals surface area contributed by atoms with E-state index in [1.54, 1.807) is 0 Å². The molecular formula is C10H21N5O4. The van der Waals surface area contributed by atoms with Crippen LogP contribution in [0.5, 0.6) is 0 Å². The number of carbonyl (C=O) groups excluding carboxylic acids is 2. The molecule has 2 amide bonds. The molecule has 9 nitrogen and oxygen atoms in total. The van der Waals surface area contributed by atoms with Gasteiger partial charge in [-0.05, 0) is 6.42 Å². The molecule has 0 unspecified atom stereocenters. The Morgan fingerprint density at radius 1 is 1.32 bits per heavy atom. The molecule has 0 fully saturated rings. The van der Waals surface area contributed by atoms with Crippen LogP contribution in [0.25, 0.3) is 0 Å². The molecule has 110 valence electrons. The number of carbonyl (C=O) groups is 3. The smallest absolute Gasteiger partial charge is 0.319 e. The van der Waals surface area contributed by atoms with Gasteiger partial charge in [-0.2, -0.15) is 0 Å². The maximum absolute atomic E-state index is 11.5. The van der Waals surface area contributed by atoms with Crippen molar-refractivity contribution in [3.63, 3.8) is 0 Å². The Morgan fingerprint density at radius 2 is 1.95 bits per heavy atom. The van der Waals surface area contributed by atoms with E-state index >= 15 is 0 Å². The van der Waals surface area contributed by atoms with Gasteiger partial charge in [0.1, 0.15) is 6.54 Å². The highest BCUT2D eigenvalue weighted by molar-refractivity contribution is 5.78. The van der Waals surface area contributed by atoms with E-state index in [1.165, 1.54) is 7.05 Å². The molecule has 1 atom stereocenters. The van der Waals surface area contributed by atoms with Crippen LogP contribution >= 0.6 is 0 Å². The van der Waals surface area contributed by atoms with Gasteiger partial charge in [0, 0.05) is 26.1 Å². The third kappa shape index (κ3) is 9.94. The van der Waals surface area contributed by atoms with Crippen LogP contribution < -0.4 is 22.2 Å². The maximum Gasteiger partial charge on any atom is 0.319 e. The molecular weight excluding hydrogens is 254 g/mol. The number of nitrogens with two attached hydrogens (primary N) is 2. The average molecular weight is 275 g/mol. The van der Waals surface area contributed by atoms with E-state index in [2.05, 4.69) is 10.7 Å². The summed E-state index contributed by atoms with van der Waals surface area (Å²) < 4.78 is 0. The number of nitrogens with zero attached hydrogens (tertiary/aromatic N) is 1. The Labute approximate surface area is 111 Å². The summed E-state index contributed by atoms with van der Waals surface area (Å²) in [4.78, 5) is 32.7. The number of hydrogen-bond acceptors (Lipinski definition) is 6. The first-order chi connectivity index (χ1) is 8.85. The minimum atomic E-state index is -1.04. The summed E-state index contributed by atoms with van der Waals surface area (Å²) >= 11 is 0. The van der Waals surface area contributed by atoms with E-state index in [0.29, 0.717) is 13.0 Å². The van der Waals surface area contributed by atoms with Crippen molar-refractivity contribution in [1.29, 1.82) is 0 Å². The summed E-state index contributed by atoms with van der Waals surface area (Å²) in [6.45, 7) is -0.0430. The van der Waals surface area contributed by atoms with Crippen LogP contribution in [-0.2, 0) is 14.4 Å². The third-order valence-corrected chi connectivity index (χ3v) is 2.16. The molecule has 0 aliphatic carbocycles. The largest absolute Gasteiger partial charge is 0.480 e. The van der Waals surface area contributed by atoms with Gasteiger partial charge >= 0.3 is 5.97 Å². The fourth-order valence-corrected chi connectivity index (χ4v) is 1.31. The lowest BCUT2D eigenvalue weighted by molar-refractivity contribution is -0.139. The van der Waals surface area contributed by atoms with Gasteiger partial charge in [0.05, 0.1) is 6.54 Å². The fourth-order valence-electron chi connectivity index (χ4n) is 1.31. The standard InChI is InChI=1S/C10H21N5O4/c1-15(6-10(18)19)14-8(16)4-7(12)2-3-13-9(17)5-11/h7H,2-6,11-12H2,1H3,(H,13,17)(H,14,16)(H,18,19)/t7-/m0/s1. The van der Waals surface area contributed by atoms with Gasteiger partial charge in [-0.3, -0.25) is 19.8 Å². The molecule has 0 aromatic rings. The lowest BCUT2D eigenvalue weighted by Crippen LogP contribution is -2.44. The quantitative estimate of drug-likeness (QED) is 0.285. The third-order valence-electron chi connectivity index (χ3n) is 2.16. The highest BCUT2D eigenvalue weighted by Crippen LogP contribution is 1.94. The predicted molar refractivity (Wildman–Crippen MR) is 67.7 cm³/mol. The van der Waals surface area contributed by atoms with Crippen molar-refractivity contribution < 1.29 is 19.5 Å². The van der Waals surface area contributed by atoms with Crippen molar-refractivity contribution in [2.24, 2.45) is 11.5 Å². The van der Waals surface area contributed by atoms with Crippen LogP contribution in [0.3, 0.4) is 0 Å². The Hall–Kier alpha value is -1.71. The first-order valence-corrected chi connectivity index (χ1v) is 5.80. The van der Waals surface area contributed by atoms with Crippen LogP contribution in [0.2, 0.25) is 0 Å². The molecule has 0 saturated carbocycles. The molecule has 0 aliphatic heterocycles. The van der Waals surface area contributed by atoms with E-state index in [9.17, 15) is 14.4 Å². The van der Waals surface area contributed by atoms with Gasteiger partial charge in [-0.1, -0.05) is 0 Å². The number of aliphatic carboxylic acids is 1. The minimum absolute atomic E-state index is 0.0441. The van der Waals surface area contributed by atoms with E-state index in [0.717, 1.165) is 5.01 Å². The number of carboxylic acid groups (broad SMARTS) is 1. The van der Waals surface area contributed by atoms with Crippen LogP contribution in [-0.4, -0.2) is 60.6 Å². The van der Waals surface area contributed by atoms with E-state index in [4.69, 9.17) is 16.6 Å². The van der Waals surface area contributed by atoms with Crippen LogP contribution in [0.15, 0.2) is 0 Å². The Bertz CT molecular complexity index is 323. The minimum Gasteiger partial charge on any atom is -0.480 e. The summed E-state index contributed by atoms with van der Waals surface area (Å²) in [5.41, 5.74) is 13.2. The number of hydrogen-bond donors (Lipinski definition) is 5. The van der Waals surface area contributed by atoms with Gasteiger partial charge in [0.15, 0.2) is 0 Å². The Morgan fingerprint density at radius 3 is 2.47 bits per heavy atom. The topological polar surface area (TPSA) is 151 Å². The molecule has 0 aliphatic rings. The molecule has 19 heavy (non-hydrogen) atoms. The van der Waals surface area contributed by atoms with Crippen molar-refractivity contribution in [3.8, 4) is 0 Å². The Balaban J connectivity index is 3.80. The van der Waals surface area contributed by atoms with Crippen LogP contribution in [0.4, 0.5) is 0 Å². The zero-order valence-corrected chi connectivity index (χ0v) is 10.9. The number of carboxylic acids is 1. The highest BCUT2D eigenvalue weighted by atomic mass is 16.4. The molecule has 9 heteroatoms. The first kappa shape index (κ1) is 17.3. The van der Waals surface area contributed by atoms with Gasteiger partial charge in [-0.25, -0.2) is 5.01 Å². The normalized spacial score (nSPS) is 12.0. The SMILES string of the molecule is CN(CC(=O)O)NC(=O)C[C@@H](N)CCNC(=O)CN. The number of hydrazine groups is 1. The van der Waals surface area contributed by atoms with Crippen molar-refractivity contribution in [2.45, 2.75) is 18.9 Å². The summed E-state index contributed by atoms with van der Waals surface area (Å²) in [6.07, 6.45) is 0.476. The van der Waals surface area contributed by atoms with Crippen molar-refractivity contribution >= 4 is 17.8 Å². The zero-order chi connectivity index (χ0) is 14.8. The number of nitrogens with one attached hydrogen (secondary N) is 2. The summed E-state index contributed by atoms with van der Waals surface area (Å²) in [7, 11) is 1.44. The van der Waals surface area contributed by atoms with Gasteiger partial charge in [0.25, 0.3) is 0 Å². The molecule has 0 rings (SSSR count). The summed E-state index contributed by atoms with van der Waals surface area (Å²) in [5.74, 6) is -1.70. The van der Waals surface area contributed by atoms with Gasteiger partial charge in [0.2, 0.25) is 11.8 Å². The average Bonchev–Trinajstić information content (AvgIpc) is 2.26. The van der Waals surface area contributed by atoms with Crippen LogP contribution in [0.1, 0.15) is 12.8 Å². The molecule has 0 aromatic heterocycles. The first-order valence-electron chi connectivity index (χ1n) is 5.80. The molecule has 0 aromatic carbocycles. The van der Waals surface area contributed by atoms with Crippen molar-refractivity contribution in [3.05, 3.63) is 0 Å². The molecule has 0 heterocycles. The van der Waals surface area contributed by atoms with Crippen molar-refractivity contribution in [1.82, 2.24) is 15.8 Å². The Kier molecular flexibility index (Phi) is 8.42. The second-order valence-corrected chi connectivity index (χ2v) is 4.09. The lowest BCUT2D eigenvalue weighted by atomic mass is 10.1. The second-order valence-electron chi connectivity index (χ2n) is 4.09.